The van der Waals surface area contributed by atoms with Gasteiger partial charge in [-0.3, -0.25) is 19.2 Å². The van der Waals surface area contributed by atoms with Gasteiger partial charge in [-0.1, -0.05) is 18.2 Å². The van der Waals surface area contributed by atoms with Crippen LogP contribution in [0.5, 0.6) is 5.75 Å². The zero-order valence-electron chi connectivity index (χ0n) is 19.9. The minimum Gasteiger partial charge on any atom is -0.494 e. The van der Waals surface area contributed by atoms with Gasteiger partial charge in [0.25, 0.3) is 0 Å². The summed E-state index contributed by atoms with van der Waals surface area (Å²) in [6.45, 7) is 2.39. The molecule has 1 atom stereocenters. The van der Waals surface area contributed by atoms with Crippen LogP contribution < -0.4 is 27.7 Å². The number of benzene rings is 2. The fourth-order valence-corrected chi connectivity index (χ4v) is 2.24. The lowest BCUT2D eigenvalue weighted by atomic mass is 10.2. The van der Waals surface area contributed by atoms with Crippen LogP contribution in [-0.4, -0.2) is 53.5 Å². The lowest BCUT2D eigenvalue weighted by Gasteiger charge is -2.03. The summed E-state index contributed by atoms with van der Waals surface area (Å²) in [6, 6.07) is 15.3. The molecule has 0 bridgehead atoms. The molecule has 0 saturated carbocycles. The molecule has 0 fully saturated rings. The summed E-state index contributed by atoms with van der Waals surface area (Å²) in [5.74, 6) is -1.07. The van der Waals surface area contributed by atoms with Crippen molar-refractivity contribution in [2.24, 2.45) is 11.5 Å². The average Bonchev–Trinajstić information content (AvgIpc) is 2.82. The van der Waals surface area contributed by atoms with Crippen molar-refractivity contribution in [3.05, 3.63) is 60.2 Å². The second kappa shape index (κ2) is 20.8. The van der Waals surface area contributed by atoms with E-state index in [9.17, 15) is 19.2 Å². The van der Waals surface area contributed by atoms with Gasteiger partial charge in [-0.15, -0.1) is 0 Å². The number of hydrogen-bond acceptors (Lipinski definition) is 8. The van der Waals surface area contributed by atoms with Gasteiger partial charge < -0.3 is 37.9 Å². The Kier molecular flexibility index (Phi) is 19.8. The predicted molar refractivity (Wildman–Crippen MR) is 134 cm³/mol. The van der Waals surface area contributed by atoms with Gasteiger partial charge in [-0.2, -0.15) is 0 Å². The molecule has 0 radical (unpaired) electrons. The first-order valence-corrected chi connectivity index (χ1v) is 10.6. The van der Waals surface area contributed by atoms with Crippen molar-refractivity contribution >= 4 is 29.8 Å². The Balaban J connectivity index is 0. The quantitative estimate of drug-likeness (QED) is 0.199. The molecule has 11 nitrogen and oxygen atoms in total. The molecule has 2 rings (SSSR count). The van der Waals surface area contributed by atoms with Crippen molar-refractivity contribution in [3.63, 3.8) is 0 Å². The largest absolute Gasteiger partial charge is 0.494 e. The van der Waals surface area contributed by atoms with Crippen molar-refractivity contribution < 1.29 is 34.1 Å². The van der Waals surface area contributed by atoms with E-state index in [-0.39, 0.29) is 18.5 Å². The van der Waals surface area contributed by atoms with E-state index >= 15 is 0 Å². The number of para-hydroxylation sites is 1. The van der Waals surface area contributed by atoms with E-state index in [1.54, 1.807) is 24.3 Å². The summed E-state index contributed by atoms with van der Waals surface area (Å²) in [5.41, 5.74) is 11.6. The summed E-state index contributed by atoms with van der Waals surface area (Å²) < 4.78 is 5.29. The van der Waals surface area contributed by atoms with Crippen molar-refractivity contribution in [3.8, 4) is 5.75 Å². The van der Waals surface area contributed by atoms with Crippen molar-refractivity contribution in [2.75, 3.05) is 18.5 Å². The highest BCUT2D eigenvalue weighted by Crippen LogP contribution is 2.09. The first-order chi connectivity index (χ1) is 16.2. The third kappa shape index (κ3) is 19.4. The lowest BCUT2D eigenvalue weighted by molar-refractivity contribution is -0.139. The van der Waals surface area contributed by atoms with Crippen LogP contribution in [0.2, 0.25) is 0 Å². The zero-order chi connectivity index (χ0) is 25.8. The van der Waals surface area contributed by atoms with Crippen molar-refractivity contribution in [2.45, 2.75) is 38.6 Å². The lowest BCUT2D eigenvalue weighted by Crippen LogP contribution is -2.30. The molecule has 35 heavy (non-hydrogen) atoms. The van der Waals surface area contributed by atoms with Gasteiger partial charge in [-0.25, -0.2) is 0 Å². The Morgan fingerprint density at radius 1 is 1.03 bits per heavy atom. The first kappa shape index (κ1) is 33.4. The fourth-order valence-electron chi connectivity index (χ4n) is 2.24. The monoisotopic (exact) mass is 492 g/mol. The van der Waals surface area contributed by atoms with Crippen LogP contribution in [0.4, 0.5) is 5.69 Å². The smallest absolute Gasteiger partial charge is 0.320 e. The zero-order valence-corrected chi connectivity index (χ0v) is 19.9. The number of amides is 1. The molecule has 194 valence electrons. The first-order valence-electron chi connectivity index (χ1n) is 10.6. The van der Waals surface area contributed by atoms with E-state index in [1.807, 2.05) is 30.3 Å². The number of hydrogen-bond donors (Lipinski definition) is 6. The topological polar surface area (TPSA) is 217 Å². The summed E-state index contributed by atoms with van der Waals surface area (Å²) in [7, 11) is 0. The maximum Gasteiger partial charge on any atom is 0.320 e. The predicted octanol–water partition coefficient (Wildman–Crippen LogP) is 2.69. The molecule has 0 heterocycles. The molecule has 2 aromatic rings. The fraction of sp³-hybridized carbons (Fsp3) is 0.333. The standard InChI is InChI=1S/C10H12O3.C9H9NO2.C5H12N2O2.H3N/c11-10(12)7-4-8-13-9-5-2-1-3-6-9;1-7(12)10-9-4-2-8(6-11)3-5-9;6-3-1-2-4(7)5(8)9;/h1-3,5-6H,4,7-8H2,(H,11,12);2-6H,1H3,(H,10,12);4H,1-3,6-7H2,(H,8,9);1H3/t;;4-;/m..0./s1. The Morgan fingerprint density at radius 3 is 2.09 bits per heavy atom. The third-order valence-electron chi connectivity index (χ3n) is 3.95. The third-order valence-corrected chi connectivity index (χ3v) is 3.95. The molecule has 2 aromatic carbocycles. The highest BCUT2D eigenvalue weighted by atomic mass is 16.5. The summed E-state index contributed by atoms with van der Waals surface area (Å²) in [4.78, 5) is 41.0. The molecule has 0 aliphatic rings. The highest BCUT2D eigenvalue weighted by molar-refractivity contribution is 5.89. The number of carboxylic acid groups (broad SMARTS) is 2. The summed E-state index contributed by atoms with van der Waals surface area (Å²) >= 11 is 0. The van der Waals surface area contributed by atoms with Gasteiger partial charge in [0, 0.05) is 24.6 Å². The Hall–Kier alpha value is -3.80. The number of carbonyl (C=O) groups excluding carboxylic acids is 2. The number of carbonyl (C=O) groups is 4. The van der Waals surface area contributed by atoms with Gasteiger partial charge in [-0.05, 0) is 62.2 Å². The SMILES string of the molecule is CC(=O)Nc1ccc(C=O)cc1.N.NCCC[C@H](N)C(=O)O.O=C(O)CCCOc1ccccc1. The molecule has 0 saturated heterocycles. The molecule has 11 heteroatoms. The molecule has 10 N–H and O–H groups in total. The van der Waals surface area contributed by atoms with E-state index in [1.165, 1.54) is 6.92 Å². The second-order valence-electron chi connectivity index (χ2n) is 6.96. The van der Waals surface area contributed by atoms with E-state index in [0.29, 0.717) is 43.7 Å². The molecule has 0 aliphatic carbocycles. The van der Waals surface area contributed by atoms with Crippen LogP contribution in [0.25, 0.3) is 0 Å². The van der Waals surface area contributed by atoms with Crippen LogP contribution in [0, 0.1) is 0 Å². The van der Waals surface area contributed by atoms with Crippen LogP contribution in [0.1, 0.15) is 43.0 Å². The minimum absolute atomic E-state index is 0. The molecule has 1 amide bonds. The molecule has 0 spiro atoms. The number of nitrogens with one attached hydrogen (secondary N) is 1. The van der Waals surface area contributed by atoms with Gasteiger partial charge in [0.2, 0.25) is 5.91 Å². The van der Waals surface area contributed by atoms with E-state index in [4.69, 9.17) is 26.4 Å². The molecule has 0 aromatic heterocycles. The van der Waals surface area contributed by atoms with E-state index in [2.05, 4.69) is 5.32 Å². The Bertz CT molecular complexity index is 862. The molecule has 0 unspecified atom stereocenters. The number of ether oxygens (including phenoxy) is 1. The van der Waals surface area contributed by atoms with Gasteiger partial charge in [0.1, 0.15) is 18.1 Å². The number of aliphatic carboxylic acids is 2. The van der Waals surface area contributed by atoms with E-state index in [0.717, 1.165) is 12.0 Å². The molecule has 0 aliphatic heterocycles. The van der Waals surface area contributed by atoms with E-state index < -0.39 is 18.0 Å². The number of nitrogens with two attached hydrogens (primary N) is 2. The maximum atomic E-state index is 10.6. The Morgan fingerprint density at radius 2 is 1.63 bits per heavy atom. The number of aldehydes is 1. The summed E-state index contributed by atoms with van der Waals surface area (Å²) in [5, 5.41) is 19.2. The van der Waals surface area contributed by atoms with Gasteiger partial charge in [0.05, 0.1) is 6.61 Å². The number of carboxylic acids is 2. The highest BCUT2D eigenvalue weighted by Gasteiger charge is 2.08. The van der Waals surface area contributed by atoms with Gasteiger partial charge in [0.15, 0.2) is 0 Å². The van der Waals surface area contributed by atoms with Crippen LogP contribution >= 0.6 is 0 Å². The average molecular weight is 493 g/mol. The molecular weight excluding hydrogens is 456 g/mol. The van der Waals surface area contributed by atoms with Gasteiger partial charge >= 0.3 is 11.9 Å². The van der Waals surface area contributed by atoms with Crippen molar-refractivity contribution in [1.29, 1.82) is 0 Å². The van der Waals surface area contributed by atoms with Crippen LogP contribution in [0.3, 0.4) is 0 Å². The summed E-state index contributed by atoms with van der Waals surface area (Å²) in [6.07, 6.45) is 2.61. The second-order valence-corrected chi connectivity index (χ2v) is 6.96. The van der Waals surface area contributed by atoms with Crippen LogP contribution in [-0.2, 0) is 14.4 Å². The van der Waals surface area contributed by atoms with Crippen molar-refractivity contribution in [1.82, 2.24) is 6.15 Å². The number of rotatable bonds is 11. The Labute approximate surface area is 205 Å². The normalized spacial score (nSPS) is 10.0. The van der Waals surface area contributed by atoms with Crippen LogP contribution in [0.15, 0.2) is 54.6 Å². The molecular formula is C24H36N4O7. The maximum absolute atomic E-state index is 10.6. The minimum atomic E-state index is -0.955. The number of anilines is 1.